The number of hydrogen-bond acceptors (Lipinski definition) is 4. The predicted octanol–water partition coefficient (Wildman–Crippen LogP) is 4.45. The topological polar surface area (TPSA) is 85.9 Å². The third kappa shape index (κ3) is 4.28. The van der Waals surface area contributed by atoms with E-state index in [1.807, 2.05) is 19.1 Å². The van der Waals surface area contributed by atoms with Crippen LogP contribution in [0.3, 0.4) is 0 Å². The number of carbonyl (C=O) groups excluding carboxylic acids is 1. The number of aryl methyl sites for hydroxylation is 2. The molecule has 3 aromatic rings. The molecule has 1 saturated heterocycles. The van der Waals surface area contributed by atoms with Gasteiger partial charge in [0.25, 0.3) is 0 Å². The summed E-state index contributed by atoms with van der Waals surface area (Å²) >= 11 is 0. The first-order valence-corrected chi connectivity index (χ1v) is 11.3. The number of piperidine rings is 1. The lowest BCUT2D eigenvalue weighted by atomic mass is 9.86. The molecule has 2 fully saturated rings. The second-order valence-electron chi connectivity index (χ2n) is 8.99. The Morgan fingerprint density at radius 3 is 2.77 bits per heavy atom. The number of urea groups is 1. The smallest absolute Gasteiger partial charge is 0.319 e. The number of rotatable bonds is 4. The number of fused-ring (bicyclic) bond motifs is 1. The van der Waals surface area contributed by atoms with Crippen LogP contribution in [-0.4, -0.2) is 44.5 Å². The average molecular weight is 419 g/mol. The highest BCUT2D eigenvalue weighted by Gasteiger charge is 2.38. The molecule has 3 heterocycles. The van der Waals surface area contributed by atoms with Crippen LogP contribution in [0.4, 0.5) is 10.5 Å². The molecule has 5 rings (SSSR count). The van der Waals surface area contributed by atoms with E-state index >= 15 is 0 Å². The van der Waals surface area contributed by atoms with Gasteiger partial charge in [0.15, 0.2) is 0 Å². The number of benzene rings is 1. The average Bonchev–Trinajstić information content (AvgIpc) is 3.12. The molecule has 2 aromatic heterocycles. The first-order valence-electron chi connectivity index (χ1n) is 11.3. The second-order valence-corrected chi connectivity index (χ2v) is 8.99. The van der Waals surface area contributed by atoms with Gasteiger partial charge >= 0.3 is 6.03 Å². The Hall–Kier alpha value is -2.93. The Morgan fingerprint density at radius 1 is 1.16 bits per heavy atom. The summed E-state index contributed by atoms with van der Waals surface area (Å²) in [4.78, 5) is 27.9. The molecule has 7 heteroatoms. The van der Waals surface area contributed by atoms with Gasteiger partial charge in [-0.1, -0.05) is 12.5 Å². The minimum atomic E-state index is -0.174. The molecule has 2 aliphatic rings. The Bertz CT molecular complexity index is 1070. The van der Waals surface area contributed by atoms with Crippen LogP contribution in [0.15, 0.2) is 36.5 Å². The first kappa shape index (κ1) is 20.0. The lowest BCUT2D eigenvalue weighted by molar-refractivity contribution is 0.0374. The molecule has 0 spiro atoms. The Morgan fingerprint density at radius 2 is 2.03 bits per heavy atom. The minimum absolute atomic E-state index is 0.106. The van der Waals surface area contributed by atoms with Gasteiger partial charge in [0.1, 0.15) is 5.82 Å². The molecule has 1 aliphatic heterocycles. The van der Waals surface area contributed by atoms with Crippen LogP contribution in [0, 0.1) is 13.8 Å². The molecule has 7 nitrogen and oxygen atoms in total. The molecule has 1 saturated carbocycles. The minimum Gasteiger partial charge on any atom is -0.341 e. The van der Waals surface area contributed by atoms with Crippen molar-refractivity contribution in [2.45, 2.75) is 64.1 Å². The maximum Gasteiger partial charge on any atom is 0.319 e. The number of H-pyrrole nitrogens is 1. The fourth-order valence-corrected chi connectivity index (χ4v) is 4.73. The molecular formula is C24H30N6O. The molecule has 2 amide bonds. The highest BCUT2D eigenvalue weighted by molar-refractivity contribution is 5.89. The summed E-state index contributed by atoms with van der Waals surface area (Å²) < 4.78 is 0. The number of aromatic nitrogens is 3. The third-order valence-electron chi connectivity index (χ3n) is 6.66. The number of imidazole rings is 1. The van der Waals surface area contributed by atoms with E-state index in [9.17, 15) is 4.79 Å². The van der Waals surface area contributed by atoms with Gasteiger partial charge in [0.05, 0.1) is 29.0 Å². The highest BCUT2D eigenvalue weighted by atomic mass is 16.2. The van der Waals surface area contributed by atoms with Crippen molar-refractivity contribution < 1.29 is 4.79 Å². The summed E-state index contributed by atoms with van der Waals surface area (Å²) in [6.45, 7) is 5.00. The van der Waals surface area contributed by atoms with E-state index in [1.165, 1.54) is 24.8 Å². The van der Waals surface area contributed by atoms with Crippen LogP contribution in [-0.2, 0) is 0 Å². The quantitative estimate of drug-likeness (QED) is 0.584. The summed E-state index contributed by atoms with van der Waals surface area (Å²) in [5.41, 5.74) is 4.95. The number of nitrogens with zero attached hydrogens (tertiary/aromatic N) is 3. The van der Waals surface area contributed by atoms with Gasteiger partial charge < -0.3 is 15.6 Å². The Balaban J connectivity index is 1.31. The molecule has 162 valence electrons. The van der Waals surface area contributed by atoms with Crippen LogP contribution < -0.4 is 10.6 Å². The molecule has 1 aliphatic carbocycles. The van der Waals surface area contributed by atoms with E-state index in [1.54, 1.807) is 6.20 Å². The van der Waals surface area contributed by atoms with Gasteiger partial charge in [-0.05, 0) is 69.4 Å². The van der Waals surface area contributed by atoms with Crippen LogP contribution in [0.2, 0.25) is 0 Å². The van der Waals surface area contributed by atoms with Crippen molar-refractivity contribution >= 4 is 22.8 Å². The number of nitrogens with one attached hydrogen (secondary N) is 3. The van der Waals surface area contributed by atoms with Crippen molar-refractivity contribution in [2.75, 3.05) is 11.9 Å². The monoisotopic (exact) mass is 418 g/mol. The van der Waals surface area contributed by atoms with E-state index in [4.69, 9.17) is 4.98 Å². The summed E-state index contributed by atoms with van der Waals surface area (Å²) in [5.74, 6) is 1.02. The molecule has 0 bridgehead atoms. The van der Waals surface area contributed by atoms with E-state index in [0.29, 0.717) is 11.7 Å². The van der Waals surface area contributed by atoms with E-state index in [0.717, 1.165) is 41.9 Å². The molecule has 1 aromatic carbocycles. The second kappa shape index (κ2) is 8.30. The van der Waals surface area contributed by atoms with E-state index in [2.05, 4.69) is 50.6 Å². The number of hydrogen-bond donors (Lipinski definition) is 3. The van der Waals surface area contributed by atoms with Crippen LogP contribution in [0.1, 0.15) is 55.2 Å². The summed E-state index contributed by atoms with van der Waals surface area (Å²) in [5, 5.41) is 6.08. The summed E-state index contributed by atoms with van der Waals surface area (Å²) in [7, 11) is 0. The predicted molar refractivity (Wildman–Crippen MR) is 122 cm³/mol. The normalized spacial score (nSPS) is 22.3. The van der Waals surface area contributed by atoms with Gasteiger partial charge in [-0.25, -0.2) is 9.78 Å². The standard InChI is InChI=1S/C24H30N6O/c1-15-6-9-20-21(12-15)29-23(28-20)22-13-17(10-11-30(22)19-4-3-5-19)26-24(31)27-18-8-7-16(2)25-14-18/h6-9,12,14,17,19,22H,3-5,10-11,13H2,1-2H3,(H,28,29)(H2,26,27,31)/t17-,22-/m1/s1. The van der Waals surface area contributed by atoms with Crippen molar-refractivity contribution in [3.8, 4) is 0 Å². The number of pyridine rings is 1. The summed E-state index contributed by atoms with van der Waals surface area (Å²) in [6.07, 6.45) is 7.32. The van der Waals surface area contributed by atoms with Gasteiger partial charge in [-0.2, -0.15) is 0 Å². The van der Waals surface area contributed by atoms with Crippen molar-refractivity contribution in [1.82, 2.24) is 25.2 Å². The lowest BCUT2D eigenvalue weighted by Crippen LogP contribution is -2.52. The Labute approximate surface area is 182 Å². The van der Waals surface area contributed by atoms with Crippen molar-refractivity contribution in [1.29, 1.82) is 0 Å². The zero-order valence-electron chi connectivity index (χ0n) is 18.2. The fourth-order valence-electron chi connectivity index (χ4n) is 4.73. The Kier molecular flexibility index (Phi) is 5.36. The molecule has 3 N–H and O–H groups in total. The highest BCUT2D eigenvalue weighted by Crippen LogP contribution is 2.38. The molecule has 0 unspecified atom stereocenters. The van der Waals surface area contributed by atoms with Crippen molar-refractivity contribution in [2.24, 2.45) is 0 Å². The number of aromatic amines is 1. The third-order valence-corrected chi connectivity index (χ3v) is 6.66. The largest absolute Gasteiger partial charge is 0.341 e. The van der Waals surface area contributed by atoms with Crippen LogP contribution >= 0.6 is 0 Å². The number of likely N-dealkylation sites (tertiary alicyclic amines) is 1. The maximum atomic E-state index is 12.6. The van der Waals surface area contributed by atoms with Gasteiger partial charge in [0, 0.05) is 24.3 Å². The molecular weight excluding hydrogens is 388 g/mol. The van der Waals surface area contributed by atoms with Gasteiger partial charge in [0.2, 0.25) is 0 Å². The number of anilines is 1. The molecule has 0 radical (unpaired) electrons. The summed E-state index contributed by atoms with van der Waals surface area (Å²) in [6, 6.07) is 10.9. The van der Waals surface area contributed by atoms with Crippen LogP contribution in [0.5, 0.6) is 0 Å². The first-order chi connectivity index (χ1) is 15.0. The van der Waals surface area contributed by atoms with Gasteiger partial charge in [-0.3, -0.25) is 9.88 Å². The zero-order valence-corrected chi connectivity index (χ0v) is 18.2. The molecule has 31 heavy (non-hydrogen) atoms. The number of carbonyl (C=O) groups is 1. The van der Waals surface area contributed by atoms with Crippen molar-refractivity contribution in [3.63, 3.8) is 0 Å². The van der Waals surface area contributed by atoms with Crippen LogP contribution in [0.25, 0.3) is 11.0 Å². The fraction of sp³-hybridized carbons (Fsp3) is 0.458. The lowest BCUT2D eigenvalue weighted by Gasteiger charge is -2.46. The van der Waals surface area contributed by atoms with Crippen molar-refractivity contribution in [3.05, 3.63) is 53.6 Å². The SMILES string of the molecule is Cc1ccc2[nH]c([C@H]3C[C@H](NC(=O)Nc4ccc(C)nc4)CCN3C3CCC3)nc2c1. The van der Waals surface area contributed by atoms with Gasteiger partial charge in [-0.15, -0.1) is 0 Å². The van der Waals surface area contributed by atoms with E-state index < -0.39 is 0 Å². The zero-order chi connectivity index (χ0) is 21.4. The maximum absolute atomic E-state index is 12.6. The molecule has 2 atom stereocenters. The number of amides is 2. The van der Waals surface area contributed by atoms with E-state index in [-0.39, 0.29) is 18.1 Å².